The average Bonchev–Trinajstić information content (AvgIpc) is 2.89. The van der Waals surface area contributed by atoms with Crippen LogP contribution < -0.4 is 4.74 Å². The van der Waals surface area contributed by atoms with Gasteiger partial charge in [-0.1, -0.05) is 35.5 Å². The van der Waals surface area contributed by atoms with Crippen molar-refractivity contribution < 1.29 is 19.2 Å². The van der Waals surface area contributed by atoms with E-state index in [4.69, 9.17) is 14.4 Å². The van der Waals surface area contributed by atoms with E-state index in [0.29, 0.717) is 23.3 Å². The Morgan fingerprint density at radius 1 is 1.20 bits per heavy atom. The zero-order valence-corrected chi connectivity index (χ0v) is 10.4. The molecule has 0 saturated carbocycles. The van der Waals surface area contributed by atoms with E-state index in [0.717, 1.165) is 5.56 Å². The molecule has 0 amide bonds. The zero-order chi connectivity index (χ0) is 13.9. The van der Waals surface area contributed by atoms with Crippen LogP contribution in [0.3, 0.4) is 0 Å². The van der Waals surface area contributed by atoms with Crippen molar-refractivity contribution >= 4 is 16.9 Å². The van der Waals surface area contributed by atoms with Gasteiger partial charge in [0.25, 0.3) is 5.76 Å². The van der Waals surface area contributed by atoms with Crippen LogP contribution in [0.25, 0.3) is 10.9 Å². The molecule has 0 unspecified atom stereocenters. The first-order valence-electron chi connectivity index (χ1n) is 6.03. The van der Waals surface area contributed by atoms with Gasteiger partial charge in [0.1, 0.15) is 17.9 Å². The van der Waals surface area contributed by atoms with E-state index in [9.17, 15) is 4.79 Å². The number of hydrogen-bond acceptors (Lipinski definition) is 4. The zero-order valence-electron chi connectivity index (χ0n) is 10.4. The molecule has 3 aromatic rings. The number of ether oxygens (including phenoxy) is 1. The Balaban J connectivity index is 1.85. The van der Waals surface area contributed by atoms with Gasteiger partial charge in [0.05, 0.1) is 5.39 Å². The van der Waals surface area contributed by atoms with E-state index in [1.807, 2.05) is 30.3 Å². The molecular weight excluding hydrogens is 258 g/mol. The third-order valence-corrected chi connectivity index (χ3v) is 2.89. The first-order valence-corrected chi connectivity index (χ1v) is 6.03. The molecule has 5 nitrogen and oxygen atoms in total. The number of carboxylic acid groups (broad SMARTS) is 1. The lowest BCUT2D eigenvalue weighted by atomic mass is 10.2. The van der Waals surface area contributed by atoms with Gasteiger partial charge in [-0.3, -0.25) is 0 Å². The maximum atomic E-state index is 11.0. The SMILES string of the molecule is O=C(O)c1onc2ccc(OCc3ccccc3)cc12. The van der Waals surface area contributed by atoms with Gasteiger partial charge in [0.2, 0.25) is 0 Å². The number of fused-ring (bicyclic) bond motifs is 1. The van der Waals surface area contributed by atoms with Crippen molar-refractivity contribution in [2.75, 3.05) is 0 Å². The first-order chi connectivity index (χ1) is 9.74. The Hall–Kier alpha value is -2.82. The van der Waals surface area contributed by atoms with Gasteiger partial charge < -0.3 is 14.4 Å². The maximum Gasteiger partial charge on any atom is 0.375 e. The molecule has 0 atom stereocenters. The lowest BCUT2D eigenvalue weighted by Crippen LogP contribution is -1.96. The van der Waals surface area contributed by atoms with Crippen LogP contribution in [0.15, 0.2) is 53.1 Å². The van der Waals surface area contributed by atoms with Crippen LogP contribution in [0.4, 0.5) is 0 Å². The number of carbonyl (C=O) groups is 1. The Bertz CT molecular complexity index is 749. The molecular formula is C15H11NO4. The highest BCUT2D eigenvalue weighted by atomic mass is 16.5. The van der Waals surface area contributed by atoms with Gasteiger partial charge in [-0.25, -0.2) is 4.79 Å². The topological polar surface area (TPSA) is 72.6 Å². The minimum atomic E-state index is -1.15. The number of benzene rings is 2. The van der Waals surface area contributed by atoms with Crippen LogP contribution >= 0.6 is 0 Å². The smallest absolute Gasteiger partial charge is 0.375 e. The normalized spacial score (nSPS) is 10.6. The molecule has 100 valence electrons. The Kier molecular flexibility index (Phi) is 3.09. The molecule has 1 N–H and O–H groups in total. The van der Waals surface area contributed by atoms with Crippen LogP contribution in [-0.2, 0) is 6.61 Å². The molecule has 0 radical (unpaired) electrons. The molecule has 20 heavy (non-hydrogen) atoms. The van der Waals surface area contributed by atoms with E-state index in [1.165, 1.54) is 0 Å². The molecule has 0 saturated heterocycles. The van der Waals surface area contributed by atoms with E-state index < -0.39 is 5.97 Å². The van der Waals surface area contributed by atoms with Gasteiger partial charge in [-0.15, -0.1) is 0 Å². The highest BCUT2D eigenvalue weighted by Gasteiger charge is 2.15. The predicted octanol–water partition coefficient (Wildman–Crippen LogP) is 3.11. The van der Waals surface area contributed by atoms with Crippen molar-refractivity contribution in [3.63, 3.8) is 0 Å². The standard InChI is InChI=1S/C15H11NO4/c17-15(18)14-12-8-11(6-7-13(12)16-20-14)19-9-10-4-2-1-3-5-10/h1-8H,9H2,(H,17,18). The summed E-state index contributed by atoms with van der Waals surface area (Å²) in [6.07, 6.45) is 0. The van der Waals surface area contributed by atoms with Gasteiger partial charge in [-0.05, 0) is 23.8 Å². The van der Waals surface area contributed by atoms with Crippen molar-refractivity contribution in [3.05, 3.63) is 59.9 Å². The Morgan fingerprint density at radius 3 is 2.75 bits per heavy atom. The van der Waals surface area contributed by atoms with Crippen LogP contribution in [0.1, 0.15) is 16.1 Å². The second-order valence-electron chi connectivity index (χ2n) is 4.27. The Morgan fingerprint density at radius 2 is 2.00 bits per heavy atom. The van der Waals surface area contributed by atoms with Gasteiger partial charge in [-0.2, -0.15) is 0 Å². The van der Waals surface area contributed by atoms with Crippen molar-refractivity contribution in [2.45, 2.75) is 6.61 Å². The lowest BCUT2D eigenvalue weighted by Gasteiger charge is -2.05. The highest BCUT2D eigenvalue weighted by molar-refractivity contribution is 6.00. The minimum Gasteiger partial charge on any atom is -0.489 e. The van der Waals surface area contributed by atoms with Crippen LogP contribution in [0.2, 0.25) is 0 Å². The Labute approximate surface area is 114 Å². The highest BCUT2D eigenvalue weighted by Crippen LogP contribution is 2.24. The third-order valence-electron chi connectivity index (χ3n) is 2.89. The van der Waals surface area contributed by atoms with E-state index in [-0.39, 0.29) is 5.76 Å². The van der Waals surface area contributed by atoms with Crippen molar-refractivity contribution in [1.29, 1.82) is 0 Å². The largest absolute Gasteiger partial charge is 0.489 e. The summed E-state index contributed by atoms with van der Waals surface area (Å²) in [5.41, 5.74) is 1.53. The first kappa shape index (κ1) is 12.2. The summed E-state index contributed by atoms with van der Waals surface area (Å²) in [4.78, 5) is 11.0. The number of hydrogen-bond donors (Lipinski definition) is 1. The molecule has 0 fully saturated rings. The summed E-state index contributed by atoms with van der Waals surface area (Å²) in [6, 6.07) is 14.8. The lowest BCUT2D eigenvalue weighted by molar-refractivity contribution is 0.0655. The second-order valence-corrected chi connectivity index (χ2v) is 4.27. The maximum absolute atomic E-state index is 11.0. The molecule has 2 aromatic carbocycles. The predicted molar refractivity (Wildman–Crippen MR) is 71.7 cm³/mol. The molecule has 0 aliphatic heterocycles. The number of carboxylic acids is 1. The molecule has 1 heterocycles. The van der Waals surface area contributed by atoms with Crippen molar-refractivity contribution in [3.8, 4) is 5.75 Å². The number of rotatable bonds is 4. The summed E-state index contributed by atoms with van der Waals surface area (Å²) >= 11 is 0. The number of nitrogens with zero attached hydrogens (tertiary/aromatic N) is 1. The van der Waals surface area contributed by atoms with Crippen LogP contribution in [0, 0.1) is 0 Å². The molecule has 1 aromatic heterocycles. The van der Waals surface area contributed by atoms with E-state index in [1.54, 1.807) is 18.2 Å². The fourth-order valence-electron chi connectivity index (χ4n) is 1.91. The molecule has 0 aliphatic carbocycles. The van der Waals surface area contributed by atoms with E-state index >= 15 is 0 Å². The second kappa shape index (κ2) is 5.05. The van der Waals surface area contributed by atoms with Crippen molar-refractivity contribution in [1.82, 2.24) is 5.16 Å². The summed E-state index contributed by atoms with van der Waals surface area (Å²) in [5.74, 6) is -0.745. The summed E-state index contributed by atoms with van der Waals surface area (Å²) < 4.78 is 10.4. The van der Waals surface area contributed by atoms with Crippen LogP contribution in [-0.4, -0.2) is 16.2 Å². The molecule has 0 bridgehead atoms. The van der Waals surface area contributed by atoms with E-state index in [2.05, 4.69) is 5.16 Å². The molecule has 0 spiro atoms. The molecule has 3 rings (SSSR count). The third kappa shape index (κ3) is 2.33. The summed E-state index contributed by atoms with van der Waals surface area (Å²) in [7, 11) is 0. The summed E-state index contributed by atoms with van der Waals surface area (Å²) in [6.45, 7) is 0.417. The van der Waals surface area contributed by atoms with Gasteiger partial charge in [0, 0.05) is 0 Å². The van der Waals surface area contributed by atoms with Crippen LogP contribution in [0.5, 0.6) is 5.75 Å². The molecule has 0 aliphatic rings. The van der Waals surface area contributed by atoms with Crippen molar-refractivity contribution in [2.24, 2.45) is 0 Å². The summed E-state index contributed by atoms with van der Waals surface area (Å²) in [5, 5.41) is 13.1. The molecule has 5 heteroatoms. The average molecular weight is 269 g/mol. The minimum absolute atomic E-state index is 0.176. The fraction of sp³-hybridized carbons (Fsp3) is 0.0667. The number of aromatic carboxylic acids is 1. The fourth-order valence-corrected chi connectivity index (χ4v) is 1.91. The van der Waals surface area contributed by atoms with Gasteiger partial charge in [0.15, 0.2) is 0 Å². The quantitative estimate of drug-likeness (QED) is 0.787. The number of aromatic nitrogens is 1. The van der Waals surface area contributed by atoms with Gasteiger partial charge >= 0.3 is 5.97 Å². The monoisotopic (exact) mass is 269 g/mol.